The summed E-state index contributed by atoms with van der Waals surface area (Å²) in [5.41, 5.74) is 0.569. The molecule has 0 radical (unpaired) electrons. The number of nitrogens with one attached hydrogen (secondary N) is 1. The molecule has 6 nitrogen and oxygen atoms in total. The first-order valence-corrected chi connectivity index (χ1v) is 8.53. The lowest BCUT2D eigenvalue weighted by Gasteiger charge is -2.10. The first-order chi connectivity index (χ1) is 9.89. The van der Waals surface area contributed by atoms with Crippen molar-refractivity contribution < 1.29 is 13.2 Å². The Morgan fingerprint density at radius 2 is 2.19 bits per heavy atom. The fraction of sp³-hybridized carbons (Fsp3) is 0.167. The topological polar surface area (TPSA) is 81.2 Å². The quantitative estimate of drug-likeness (QED) is 0.846. The molecule has 0 saturated heterocycles. The molecule has 2 aromatic rings. The molecular weight excluding hydrogens is 382 g/mol. The molecule has 0 saturated carbocycles. The zero-order valence-electron chi connectivity index (χ0n) is 10.9. The van der Waals surface area contributed by atoms with Gasteiger partial charge in [-0.05, 0) is 33.6 Å². The van der Waals surface area contributed by atoms with Crippen molar-refractivity contribution in [1.82, 2.24) is 9.97 Å². The highest BCUT2D eigenvalue weighted by atomic mass is 79.9. The van der Waals surface area contributed by atoms with Crippen LogP contribution in [0.15, 0.2) is 35.1 Å². The highest BCUT2D eigenvalue weighted by Gasteiger charge is 2.17. The van der Waals surface area contributed by atoms with Gasteiger partial charge in [-0.25, -0.2) is 18.4 Å². The van der Waals surface area contributed by atoms with Crippen LogP contribution in [0.2, 0.25) is 5.02 Å². The molecule has 0 fully saturated rings. The van der Waals surface area contributed by atoms with E-state index in [4.69, 9.17) is 16.3 Å². The zero-order chi connectivity index (χ0) is 15.5. The van der Waals surface area contributed by atoms with Crippen LogP contribution in [-0.2, 0) is 15.8 Å². The van der Waals surface area contributed by atoms with Crippen molar-refractivity contribution in [2.24, 2.45) is 0 Å². The van der Waals surface area contributed by atoms with Gasteiger partial charge in [-0.3, -0.25) is 4.72 Å². The molecule has 2 rings (SSSR count). The van der Waals surface area contributed by atoms with Crippen LogP contribution in [0.5, 0.6) is 5.88 Å². The molecule has 0 amide bonds. The molecule has 1 aromatic carbocycles. The van der Waals surface area contributed by atoms with Gasteiger partial charge in [0.1, 0.15) is 4.60 Å². The Balaban J connectivity index is 2.22. The molecule has 0 aliphatic carbocycles. The van der Waals surface area contributed by atoms with E-state index in [1.165, 1.54) is 13.3 Å². The van der Waals surface area contributed by atoms with Crippen LogP contribution in [0.25, 0.3) is 0 Å². The second kappa shape index (κ2) is 6.59. The number of benzene rings is 1. The van der Waals surface area contributed by atoms with E-state index in [0.717, 1.165) is 0 Å². The van der Waals surface area contributed by atoms with E-state index in [2.05, 4.69) is 30.6 Å². The lowest BCUT2D eigenvalue weighted by molar-refractivity contribution is 0.397. The Morgan fingerprint density at radius 1 is 1.43 bits per heavy atom. The predicted octanol–water partition coefficient (Wildman–Crippen LogP) is 2.84. The number of nitrogens with zero attached hydrogens (tertiary/aromatic N) is 2. The lowest BCUT2D eigenvalue weighted by atomic mass is 10.2. The molecular formula is C12H11BrClN3O3S. The van der Waals surface area contributed by atoms with Gasteiger partial charge >= 0.3 is 0 Å². The monoisotopic (exact) mass is 391 g/mol. The maximum atomic E-state index is 12.1. The van der Waals surface area contributed by atoms with Gasteiger partial charge in [-0.1, -0.05) is 23.7 Å². The van der Waals surface area contributed by atoms with Crippen molar-refractivity contribution in [3.8, 4) is 5.88 Å². The number of hydrogen-bond donors (Lipinski definition) is 1. The Morgan fingerprint density at radius 3 is 2.86 bits per heavy atom. The largest absolute Gasteiger partial charge is 0.478 e. The average Bonchev–Trinajstić information content (AvgIpc) is 2.40. The van der Waals surface area contributed by atoms with Crippen molar-refractivity contribution in [2.75, 3.05) is 11.8 Å². The first kappa shape index (κ1) is 16.0. The Hall–Kier alpha value is -1.38. The van der Waals surface area contributed by atoms with Crippen molar-refractivity contribution in [3.05, 3.63) is 45.7 Å². The molecule has 0 aliphatic rings. The zero-order valence-corrected chi connectivity index (χ0v) is 14.0. The molecule has 0 aliphatic heterocycles. The van der Waals surface area contributed by atoms with Gasteiger partial charge in [-0.2, -0.15) is 0 Å². The number of rotatable bonds is 5. The Labute approximate surface area is 135 Å². The molecule has 1 heterocycles. The van der Waals surface area contributed by atoms with E-state index >= 15 is 0 Å². The summed E-state index contributed by atoms with van der Waals surface area (Å²) in [6.45, 7) is 0. The fourth-order valence-corrected chi connectivity index (χ4v) is 3.20. The highest BCUT2D eigenvalue weighted by molar-refractivity contribution is 9.10. The second-order valence-electron chi connectivity index (χ2n) is 4.04. The third-order valence-corrected chi connectivity index (χ3v) is 4.24. The molecule has 0 unspecified atom stereocenters. The van der Waals surface area contributed by atoms with Crippen molar-refractivity contribution in [2.45, 2.75) is 5.75 Å². The van der Waals surface area contributed by atoms with E-state index in [0.29, 0.717) is 15.2 Å². The van der Waals surface area contributed by atoms with Crippen LogP contribution in [0.3, 0.4) is 0 Å². The summed E-state index contributed by atoms with van der Waals surface area (Å²) in [6, 6.07) is 6.63. The van der Waals surface area contributed by atoms with Crippen LogP contribution >= 0.6 is 27.5 Å². The maximum Gasteiger partial charge on any atom is 0.259 e. The molecule has 112 valence electrons. The third kappa shape index (κ3) is 4.55. The molecule has 0 atom stereocenters. The summed E-state index contributed by atoms with van der Waals surface area (Å²) in [5.74, 6) is -0.115. The summed E-state index contributed by atoms with van der Waals surface area (Å²) in [6.07, 6.45) is 1.37. The summed E-state index contributed by atoms with van der Waals surface area (Å²) < 4.78 is 32.1. The van der Waals surface area contributed by atoms with Crippen molar-refractivity contribution >= 4 is 43.4 Å². The molecule has 1 aromatic heterocycles. The standard InChI is InChI=1S/C12H11BrClN3O3S/c1-20-12-11(15-6-10(13)16-12)17-21(18,19)7-8-3-2-4-9(14)5-8/h2-6H,7H2,1H3,(H,15,17). The minimum Gasteiger partial charge on any atom is -0.478 e. The molecule has 21 heavy (non-hydrogen) atoms. The van der Waals surface area contributed by atoms with Crippen LogP contribution < -0.4 is 9.46 Å². The van der Waals surface area contributed by atoms with Gasteiger partial charge in [0.15, 0.2) is 0 Å². The van der Waals surface area contributed by atoms with E-state index < -0.39 is 10.0 Å². The predicted molar refractivity (Wildman–Crippen MR) is 84.0 cm³/mol. The number of aromatic nitrogens is 2. The number of methoxy groups -OCH3 is 1. The van der Waals surface area contributed by atoms with Gasteiger partial charge in [0.05, 0.1) is 19.1 Å². The minimum absolute atomic E-state index is 0.0303. The van der Waals surface area contributed by atoms with Gasteiger partial charge in [0, 0.05) is 5.02 Å². The van der Waals surface area contributed by atoms with Crippen LogP contribution in [0, 0.1) is 0 Å². The van der Waals surface area contributed by atoms with Gasteiger partial charge in [0.25, 0.3) is 5.88 Å². The number of hydrogen-bond acceptors (Lipinski definition) is 5. The van der Waals surface area contributed by atoms with E-state index in [1.54, 1.807) is 24.3 Å². The fourth-order valence-electron chi connectivity index (χ4n) is 1.59. The van der Waals surface area contributed by atoms with E-state index in [-0.39, 0.29) is 17.5 Å². The number of anilines is 1. The second-order valence-corrected chi connectivity index (χ2v) is 7.01. The van der Waals surface area contributed by atoms with Crippen LogP contribution in [0.4, 0.5) is 5.82 Å². The molecule has 9 heteroatoms. The van der Waals surface area contributed by atoms with Gasteiger partial charge in [-0.15, -0.1) is 0 Å². The molecule has 0 spiro atoms. The summed E-state index contributed by atoms with van der Waals surface area (Å²) in [7, 11) is -2.28. The van der Waals surface area contributed by atoms with E-state index in [1.807, 2.05) is 0 Å². The summed E-state index contributed by atoms with van der Waals surface area (Å²) in [5, 5.41) is 0.476. The summed E-state index contributed by atoms with van der Waals surface area (Å²) >= 11 is 8.97. The lowest BCUT2D eigenvalue weighted by Crippen LogP contribution is -2.17. The number of sulfonamides is 1. The van der Waals surface area contributed by atoms with Crippen LogP contribution in [0.1, 0.15) is 5.56 Å². The maximum absolute atomic E-state index is 12.1. The highest BCUT2D eigenvalue weighted by Crippen LogP contribution is 2.23. The third-order valence-electron chi connectivity index (χ3n) is 2.40. The normalized spacial score (nSPS) is 11.2. The Bertz CT molecular complexity index is 755. The smallest absolute Gasteiger partial charge is 0.259 e. The van der Waals surface area contributed by atoms with Crippen molar-refractivity contribution in [3.63, 3.8) is 0 Å². The van der Waals surface area contributed by atoms with Gasteiger partial charge in [0.2, 0.25) is 15.8 Å². The average molecular weight is 393 g/mol. The molecule has 0 bridgehead atoms. The van der Waals surface area contributed by atoms with E-state index in [9.17, 15) is 8.42 Å². The minimum atomic E-state index is -3.66. The van der Waals surface area contributed by atoms with Gasteiger partial charge < -0.3 is 4.74 Å². The number of halogens is 2. The first-order valence-electron chi connectivity index (χ1n) is 5.71. The van der Waals surface area contributed by atoms with Crippen LogP contribution in [-0.4, -0.2) is 25.5 Å². The van der Waals surface area contributed by atoms with Crippen molar-refractivity contribution in [1.29, 1.82) is 0 Å². The summed E-state index contributed by atoms with van der Waals surface area (Å²) in [4.78, 5) is 7.92. The Kier molecular flexibility index (Phi) is 5.02. The molecule has 1 N–H and O–H groups in total. The number of ether oxygens (including phenoxy) is 1. The SMILES string of the molecule is COc1nc(Br)cnc1NS(=O)(=O)Cc1cccc(Cl)c1.